The molecular weight excluding hydrogens is 376 g/mol. The van der Waals surface area contributed by atoms with Crippen molar-refractivity contribution in [2.45, 2.75) is 39.3 Å². The normalized spacial score (nSPS) is 14.6. The summed E-state index contributed by atoms with van der Waals surface area (Å²) in [5.41, 5.74) is 3.79. The molecular formula is C24H28N4O2. The summed E-state index contributed by atoms with van der Waals surface area (Å²) in [6.45, 7) is 4.53. The first kappa shape index (κ1) is 20.0. The van der Waals surface area contributed by atoms with Crippen LogP contribution in [0.2, 0.25) is 0 Å². The molecule has 3 aromatic rings. The number of benzene rings is 1. The van der Waals surface area contributed by atoms with Gasteiger partial charge in [0.25, 0.3) is 5.56 Å². The van der Waals surface area contributed by atoms with E-state index < -0.39 is 0 Å². The largest absolute Gasteiger partial charge is 0.460 e. The van der Waals surface area contributed by atoms with Crippen LogP contribution in [0, 0.1) is 0 Å². The number of hydrogen-bond donors (Lipinski definition) is 1. The van der Waals surface area contributed by atoms with Crippen LogP contribution in [0.5, 0.6) is 0 Å². The van der Waals surface area contributed by atoms with Gasteiger partial charge in [0, 0.05) is 44.1 Å². The number of aryl methyl sites for hydroxylation is 1. The van der Waals surface area contributed by atoms with Crippen LogP contribution in [0.15, 0.2) is 57.4 Å². The maximum atomic E-state index is 13.1. The molecule has 6 heteroatoms. The van der Waals surface area contributed by atoms with Crippen LogP contribution in [0.3, 0.4) is 0 Å². The first-order chi connectivity index (χ1) is 14.5. The van der Waals surface area contributed by atoms with Crippen LogP contribution < -0.4 is 15.8 Å². The van der Waals surface area contributed by atoms with Gasteiger partial charge >= 0.3 is 0 Å². The van der Waals surface area contributed by atoms with Gasteiger partial charge in [-0.15, -0.1) is 0 Å². The fraction of sp³-hybridized carbons (Fsp3) is 0.333. The molecule has 0 spiro atoms. The molecule has 0 aliphatic heterocycles. The maximum Gasteiger partial charge on any atom is 0.278 e. The third kappa shape index (κ3) is 3.65. The number of nitrogens with one attached hydrogen (secondary N) is 1. The lowest BCUT2D eigenvalue weighted by Crippen LogP contribution is -2.32. The van der Waals surface area contributed by atoms with Crippen molar-refractivity contribution in [2.75, 3.05) is 24.3 Å². The van der Waals surface area contributed by atoms with Crippen molar-refractivity contribution in [1.29, 1.82) is 0 Å². The number of hydrogen-bond acceptors (Lipinski definition) is 5. The van der Waals surface area contributed by atoms with Gasteiger partial charge in [-0.05, 0) is 38.0 Å². The number of anilines is 2. The van der Waals surface area contributed by atoms with Crippen molar-refractivity contribution in [3.05, 3.63) is 69.9 Å². The van der Waals surface area contributed by atoms with Gasteiger partial charge in [-0.1, -0.05) is 30.4 Å². The van der Waals surface area contributed by atoms with Crippen LogP contribution in [0.1, 0.15) is 31.6 Å². The third-order valence-electron chi connectivity index (χ3n) is 5.56. The first-order valence-electron chi connectivity index (χ1n) is 10.3. The van der Waals surface area contributed by atoms with E-state index in [9.17, 15) is 4.79 Å². The second-order valence-electron chi connectivity index (χ2n) is 7.87. The Bertz CT molecular complexity index is 1180. The van der Waals surface area contributed by atoms with Gasteiger partial charge in [0.2, 0.25) is 5.95 Å². The van der Waals surface area contributed by atoms with Gasteiger partial charge in [0.1, 0.15) is 17.0 Å². The predicted molar refractivity (Wildman–Crippen MR) is 123 cm³/mol. The van der Waals surface area contributed by atoms with Crippen molar-refractivity contribution in [3.8, 4) is 0 Å². The molecule has 0 saturated heterocycles. The van der Waals surface area contributed by atoms with Gasteiger partial charge in [-0.3, -0.25) is 9.36 Å². The highest BCUT2D eigenvalue weighted by Gasteiger charge is 2.21. The quantitative estimate of drug-likeness (QED) is 0.615. The molecule has 1 aliphatic rings. The second kappa shape index (κ2) is 8.22. The van der Waals surface area contributed by atoms with Crippen LogP contribution in [-0.4, -0.2) is 29.7 Å². The third-order valence-corrected chi connectivity index (χ3v) is 5.56. The molecule has 0 fully saturated rings. The second-order valence-corrected chi connectivity index (χ2v) is 7.87. The van der Waals surface area contributed by atoms with Crippen molar-refractivity contribution in [1.82, 2.24) is 9.55 Å². The molecule has 1 atom stereocenters. The lowest BCUT2D eigenvalue weighted by atomic mass is 9.92. The minimum Gasteiger partial charge on any atom is -0.460 e. The molecule has 4 rings (SSSR count). The Labute approximate surface area is 176 Å². The molecule has 0 amide bonds. The zero-order valence-electron chi connectivity index (χ0n) is 18.0. The molecule has 1 unspecified atom stereocenters. The molecule has 0 radical (unpaired) electrons. The van der Waals surface area contributed by atoms with Gasteiger partial charge in [-0.2, -0.15) is 0 Å². The SMILES string of the molecule is C/C=C/Cn1c(N(C)C)ncc(NC(C)C2=Cc3c(oc4ccccc34)CC2)c1=O. The predicted octanol–water partition coefficient (Wildman–Crippen LogP) is 4.46. The summed E-state index contributed by atoms with van der Waals surface area (Å²) in [5, 5.41) is 4.54. The van der Waals surface area contributed by atoms with Gasteiger partial charge in [0.15, 0.2) is 0 Å². The Hall–Kier alpha value is -3.28. The van der Waals surface area contributed by atoms with E-state index in [1.165, 1.54) is 5.57 Å². The summed E-state index contributed by atoms with van der Waals surface area (Å²) in [4.78, 5) is 19.5. The van der Waals surface area contributed by atoms with E-state index in [1.54, 1.807) is 10.8 Å². The summed E-state index contributed by atoms with van der Waals surface area (Å²) >= 11 is 0. The Balaban J connectivity index is 1.64. The lowest BCUT2D eigenvalue weighted by Gasteiger charge is -2.23. The zero-order chi connectivity index (χ0) is 21.3. The van der Waals surface area contributed by atoms with E-state index in [2.05, 4.69) is 29.4 Å². The number of fused-ring (bicyclic) bond motifs is 3. The number of furan rings is 1. The molecule has 1 aliphatic carbocycles. The minimum atomic E-state index is -0.0653. The molecule has 156 valence electrons. The average molecular weight is 405 g/mol. The van der Waals surface area contributed by atoms with Crippen molar-refractivity contribution in [3.63, 3.8) is 0 Å². The van der Waals surface area contributed by atoms with E-state index in [1.807, 2.05) is 56.3 Å². The Morgan fingerprint density at radius 1 is 1.30 bits per heavy atom. The highest BCUT2D eigenvalue weighted by molar-refractivity contribution is 5.89. The fourth-order valence-corrected chi connectivity index (χ4v) is 3.96. The van der Waals surface area contributed by atoms with Crippen LogP contribution in [0.4, 0.5) is 11.6 Å². The molecule has 30 heavy (non-hydrogen) atoms. The number of nitrogens with zero attached hydrogens (tertiary/aromatic N) is 3. The van der Waals surface area contributed by atoms with Crippen molar-refractivity contribution < 1.29 is 4.42 Å². The fourth-order valence-electron chi connectivity index (χ4n) is 3.96. The molecule has 6 nitrogen and oxygen atoms in total. The number of rotatable bonds is 6. The summed E-state index contributed by atoms with van der Waals surface area (Å²) < 4.78 is 7.69. The van der Waals surface area contributed by atoms with Crippen molar-refractivity contribution in [2.24, 2.45) is 0 Å². The highest BCUT2D eigenvalue weighted by atomic mass is 16.3. The van der Waals surface area contributed by atoms with Gasteiger partial charge < -0.3 is 14.6 Å². The van der Waals surface area contributed by atoms with Crippen LogP contribution in [-0.2, 0) is 13.0 Å². The first-order valence-corrected chi connectivity index (χ1v) is 10.3. The smallest absolute Gasteiger partial charge is 0.278 e. The Morgan fingerprint density at radius 3 is 2.87 bits per heavy atom. The summed E-state index contributed by atoms with van der Waals surface area (Å²) in [7, 11) is 3.78. The summed E-state index contributed by atoms with van der Waals surface area (Å²) in [6, 6.07) is 8.15. The van der Waals surface area contributed by atoms with Gasteiger partial charge in [-0.25, -0.2) is 4.98 Å². The van der Waals surface area contributed by atoms with E-state index in [0.717, 1.165) is 35.1 Å². The number of aromatic nitrogens is 2. The minimum absolute atomic E-state index is 0.0154. The number of allylic oxidation sites excluding steroid dienone is 2. The maximum absolute atomic E-state index is 13.1. The topological polar surface area (TPSA) is 63.3 Å². The van der Waals surface area contributed by atoms with Crippen molar-refractivity contribution >= 4 is 28.7 Å². The zero-order valence-corrected chi connectivity index (χ0v) is 18.0. The molecule has 2 aromatic heterocycles. The molecule has 0 saturated carbocycles. The summed E-state index contributed by atoms with van der Waals surface area (Å²) in [6.07, 6.45) is 9.51. The Morgan fingerprint density at radius 2 is 2.10 bits per heavy atom. The summed E-state index contributed by atoms with van der Waals surface area (Å²) in [5.74, 6) is 1.68. The monoisotopic (exact) mass is 404 g/mol. The van der Waals surface area contributed by atoms with Crippen LogP contribution in [0.25, 0.3) is 17.0 Å². The molecule has 1 N–H and O–H groups in total. The molecule has 2 heterocycles. The molecule has 1 aromatic carbocycles. The van der Waals surface area contributed by atoms with E-state index in [-0.39, 0.29) is 11.6 Å². The average Bonchev–Trinajstić information content (AvgIpc) is 3.11. The standard InChI is InChI=1S/C24H28N4O2/c1-5-6-13-28-23(29)20(15-25-24(28)27(3)4)26-16(2)17-11-12-22-19(14-17)18-9-7-8-10-21(18)30-22/h5-10,14-16,26H,11-13H2,1-4H3/b6-5+. The van der Waals surface area contributed by atoms with Crippen LogP contribution >= 0.6 is 0 Å². The number of para-hydroxylation sites is 1. The lowest BCUT2D eigenvalue weighted by molar-refractivity contribution is 0.540. The van der Waals surface area contributed by atoms with E-state index in [4.69, 9.17) is 4.42 Å². The Kier molecular flexibility index (Phi) is 5.48. The van der Waals surface area contributed by atoms with E-state index in [0.29, 0.717) is 18.2 Å². The molecule has 0 bridgehead atoms. The van der Waals surface area contributed by atoms with Gasteiger partial charge in [0.05, 0.1) is 6.20 Å². The van der Waals surface area contributed by atoms with E-state index >= 15 is 0 Å². The highest BCUT2D eigenvalue weighted by Crippen LogP contribution is 2.34.